The first-order valence-electron chi connectivity index (χ1n) is 7.03. The van der Waals surface area contributed by atoms with E-state index in [-0.39, 0.29) is 6.42 Å². The Morgan fingerprint density at radius 3 is 2.88 bits per heavy atom. The van der Waals surface area contributed by atoms with Gasteiger partial charge in [0, 0.05) is 16.5 Å². The van der Waals surface area contributed by atoms with Crippen LogP contribution < -0.4 is 5.73 Å². The minimum atomic E-state index is -4.44. The molecular formula is C15H12F3N3O2S2. The summed E-state index contributed by atoms with van der Waals surface area (Å²) in [5.74, 6) is -1.06. The number of alkyl halides is 3. The lowest BCUT2D eigenvalue weighted by atomic mass is 10.1. The van der Waals surface area contributed by atoms with E-state index in [1.807, 2.05) is 0 Å². The molecule has 0 amide bonds. The highest BCUT2D eigenvalue weighted by Crippen LogP contribution is 2.37. The van der Waals surface area contributed by atoms with E-state index in [0.29, 0.717) is 20.6 Å². The number of nitrogens with two attached hydrogens (primary N) is 1. The average Bonchev–Trinajstić information content (AvgIpc) is 3.06. The molecule has 0 saturated heterocycles. The van der Waals surface area contributed by atoms with Crippen molar-refractivity contribution in [2.75, 3.05) is 0 Å². The number of carboxylic acids is 1. The van der Waals surface area contributed by atoms with E-state index >= 15 is 0 Å². The van der Waals surface area contributed by atoms with Gasteiger partial charge in [0.25, 0.3) is 0 Å². The fourth-order valence-electron chi connectivity index (χ4n) is 2.33. The van der Waals surface area contributed by atoms with E-state index < -0.39 is 23.8 Å². The first kappa shape index (κ1) is 17.8. The maximum absolute atomic E-state index is 12.9. The van der Waals surface area contributed by atoms with Crippen molar-refractivity contribution >= 4 is 34.0 Å². The molecule has 0 spiro atoms. The largest absolute Gasteiger partial charge is 0.481 e. The summed E-state index contributed by atoms with van der Waals surface area (Å²) in [5.41, 5.74) is 5.71. The Hall–Kier alpha value is -2.04. The maximum Gasteiger partial charge on any atom is 0.416 e. The molecule has 25 heavy (non-hydrogen) atoms. The Morgan fingerprint density at radius 1 is 1.44 bits per heavy atom. The van der Waals surface area contributed by atoms with E-state index in [9.17, 15) is 18.0 Å². The van der Waals surface area contributed by atoms with Crippen LogP contribution in [0.3, 0.4) is 0 Å². The summed E-state index contributed by atoms with van der Waals surface area (Å²) in [6, 6.07) is 4.06. The van der Waals surface area contributed by atoms with Gasteiger partial charge in [-0.05, 0) is 18.2 Å². The molecule has 2 heterocycles. The highest BCUT2D eigenvalue weighted by Gasteiger charge is 2.30. The molecule has 0 aliphatic carbocycles. The fraction of sp³-hybridized carbons (Fsp3) is 0.200. The minimum Gasteiger partial charge on any atom is -0.481 e. The second-order valence-corrected chi connectivity index (χ2v) is 7.13. The molecule has 2 aromatic heterocycles. The van der Waals surface area contributed by atoms with Crippen LogP contribution in [-0.4, -0.2) is 20.5 Å². The summed E-state index contributed by atoms with van der Waals surface area (Å²) < 4.78 is 40.3. The molecular weight excluding hydrogens is 375 g/mol. The summed E-state index contributed by atoms with van der Waals surface area (Å²) in [6.07, 6.45) is -3.03. The average molecular weight is 387 g/mol. The number of fused-ring (bicyclic) bond motifs is 1. The van der Waals surface area contributed by atoms with Gasteiger partial charge in [-0.3, -0.25) is 9.20 Å². The first-order chi connectivity index (χ1) is 11.8. The minimum absolute atomic E-state index is 0.306. The lowest BCUT2D eigenvalue weighted by Crippen LogP contribution is -2.17. The van der Waals surface area contributed by atoms with Crippen LogP contribution in [0, 0.1) is 0 Å². The zero-order valence-electron chi connectivity index (χ0n) is 12.5. The van der Waals surface area contributed by atoms with Crippen molar-refractivity contribution < 1.29 is 23.1 Å². The van der Waals surface area contributed by atoms with Gasteiger partial charge < -0.3 is 10.8 Å². The highest BCUT2D eigenvalue weighted by atomic mass is 32.2. The van der Waals surface area contributed by atoms with E-state index in [4.69, 9.17) is 10.8 Å². The molecule has 3 N–H and O–H groups in total. The molecule has 0 bridgehead atoms. The third-order valence-electron chi connectivity index (χ3n) is 3.39. The molecule has 0 radical (unpaired) electrons. The van der Waals surface area contributed by atoms with Crippen molar-refractivity contribution in [1.29, 1.82) is 0 Å². The van der Waals surface area contributed by atoms with Crippen LogP contribution in [-0.2, 0) is 11.0 Å². The quantitative estimate of drug-likeness (QED) is 0.691. The van der Waals surface area contributed by atoms with Crippen molar-refractivity contribution in [1.82, 2.24) is 9.38 Å². The molecule has 3 rings (SSSR count). The van der Waals surface area contributed by atoms with Gasteiger partial charge in [0.05, 0.1) is 23.7 Å². The van der Waals surface area contributed by atoms with Crippen LogP contribution in [0.4, 0.5) is 13.2 Å². The number of aliphatic carboxylic acids is 1. The van der Waals surface area contributed by atoms with Crippen molar-refractivity contribution in [2.24, 2.45) is 5.73 Å². The Morgan fingerprint density at radius 2 is 2.20 bits per heavy atom. The van der Waals surface area contributed by atoms with Gasteiger partial charge in [0.15, 0.2) is 4.96 Å². The predicted molar refractivity (Wildman–Crippen MR) is 87.8 cm³/mol. The molecule has 1 unspecified atom stereocenters. The normalized spacial score (nSPS) is 13.3. The van der Waals surface area contributed by atoms with Crippen LogP contribution in [0.25, 0.3) is 4.96 Å². The first-order valence-corrected chi connectivity index (χ1v) is 8.73. The van der Waals surface area contributed by atoms with Crippen LogP contribution >= 0.6 is 23.1 Å². The zero-order chi connectivity index (χ0) is 18.2. The van der Waals surface area contributed by atoms with Crippen molar-refractivity contribution in [3.63, 3.8) is 0 Å². The van der Waals surface area contributed by atoms with Crippen LogP contribution in [0.1, 0.15) is 23.7 Å². The van der Waals surface area contributed by atoms with Crippen molar-refractivity contribution in [2.45, 2.75) is 28.6 Å². The lowest BCUT2D eigenvalue weighted by Gasteiger charge is -2.11. The Labute approximate surface area is 148 Å². The van der Waals surface area contributed by atoms with Gasteiger partial charge in [-0.2, -0.15) is 13.2 Å². The van der Waals surface area contributed by atoms with E-state index in [2.05, 4.69) is 4.98 Å². The number of hydrogen-bond acceptors (Lipinski definition) is 5. The number of aromatic nitrogens is 2. The number of benzene rings is 1. The third kappa shape index (κ3) is 3.80. The monoisotopic (exact) mass is 387 g/mol. The maximum atomic E-state index is 12.9. The molecule has 132 valence electrons. The van der Waals surface area contributed by atoms with Crippen molar-refractivity contribution in [3.8, 4) is 0 Å². The van der Waals surface area contributed by atoms with Gasteiger partial charge in [0.1, 0.15) is 5.03 Å². The topological polar surface area (TPSA) is 80.6 Å². The molecule has 0 aliphatic rings. The Kier molecular flexibility index (Phi) is 4.76. The summed E-state index contributed by atoms with van der Waals surface area (Å²) in [4.78, 5) is 16.3. The van der Waals surface area contributed by atoms with Gasteiger partial charge in [0.2, 0.25) is 0 Å². The lowest BCUT2D eigenvalue weighted by molar-refractivity contribution is -0.138. The summed E-state index contributed by atoms with van der Waals surface area (Å²) in [7, 11) is 0. The number of imidazole rings is 1. The molecule has 0 fully saturated rings. The third-order valence-corrected chi connectivity index (χ3v) is 5.13. The number of halogens is 3. The van der Waals surface area contributed by atoms with E-state index in [1.165, 1.54) is 17.4 Å². The number of carboxylic acid groups (broad SMARTS) is 1. The van der Waals surface area contributed by atoms with Gasteiger partial charge in [-0.25, -0.2) is 4.98 Å². The molecule has 0 saturated carbocycles. The molecule has 0 aliphatic heterocycles. The van der Waals surface area contributed by atoms with Crippen molar-refractivity contribution in [3.05, 3.63) is 47.1 Å². The fourth-order valence-corrected chi connectivity index (χ4v) is 4.15. The Bertz CT molecular complexity index is 920. The smallest absolute Gasteiger partial charge is 0.416 e. The van der Waals surface area contributed by atoms with Crippen LogP contribution in [0.2, 0.25) is 0 Å². The molecule has 1 atom stereocenters. The van der Waals surface area contributed by atoms with E-state index in [1.54, 1.807) is 22.0 Å². The summed E-state index contributed by atoms with van der Waals surface area (Å²) >= 11 is 2.36. The predicted octanol–water partition coefficient (Wildman–Crippen LogP) is 4.04. The molecule has 10 heteroatoms. The highest BCUT2D eigenvalue weighted by molar-refractivity contribution is 7.99. The van der Waals surface area contributed by atoms with Gasteiger partial charge in [-0.1, -0.05) is 17.8 Å². The van der Waals surface area contributed by atoms with Gasteiger partial charge in [-0.15, -0.1) is 11.3 Å². The number of nitrogens with zero attached hydrogens (tertiary/aromatic N) is 2. The number of hydrogen-bond donors (Lipinski definition) is 2. The number of carbonyl (C=O) groups is 1. The van der Waals surface area contributed by atoms with E-state index in [0.717, 1.165) is 23.9 Å². The molecule has 3 aromatic rings. The number of rotatable bonds is 5. The van der Waals surface area contributed by atoms with Crippen LogP contribution in [0.5, 0.6) is 0 Å². The second kappa shape index (κ2) is 6.70. The zero-order valence-corrected chi connectivity index (χ0v) is 14.2. The standard InChI is InChI=1S/C15H12F3N3O2S2/c16-15(17,18)8-2-1-3-9(6-8)25-13-12(10(19)7-11(22)23)21-4-5-24-14(21)20-13/h1-6,10H,7,19H2,(H,22,23). The van der Waals surface area contributed by atoms with Crippen LogP contribution in [0.15, 0.2) is 45.8 Å². The SMILES string of the molecule is NC(CC(=O)O)c1c(Sc2cccc(C(F)(F)F)c2)nc2sccn12. The summed E-state index contributed by atoms with van der Waals surface area (Å²) in [5, 5.41) is 11.2. The Balaban J connectivity index is 1.99. The molecule has 1 aromatic carbocycles. The second-order valence-electron chi connectivity index (χ2n) is 5.19. The number of thiazole rings is 1. The summed E-state index contributed by atoms with van der Waals surface area (Å²) in [6.45, 7) is 0. The molecule has 5 nitrogen and oxygen atoms in total. The van der Waals surface area contributed by atoms with Gasteiger partial charge >= 0.3 is 12.1 Å².